The number of ether oxygens (including phenoxy) is 1. The zero-order valence-electron chi connectivity index (χ0n) is 15.2. The number of nitrogens with zero attached hydrogens (tertiary/aromatic N) is 2. The van der Waals surface area contributed by atoms with E-state index in [1.54, 1.807) is 0 Å². The van der Waals surface area contributed by atoms with Crippen LogP contribution in [0.5, 0.6) is 0 Å². The summed E-state index contributed by atoms with van der Waals surface area (Å²) in [6, 6.07) is 5.01. The number of hydrogen-bond donors (Lipinski definition) is 1. The van der Waals surface area contributed by atoms with Crippen molar-refractivity contribution in [1.29, 1.82) is 0 Å². The molecule has 4 aliphatic rings. The highest BCUT2D eigenvalue weighted by molar-refractivity contribution is 5.44. The Bertz CT molecular complexity index is 578. The summed E-state index contributed by atoms with van der Waals surface area (Å²) in [6.45, 7) is 4.57. The number of piperidine rings is 1. The molecule has 3 heterocycles. The van der Waals surface area contributed by atoms with Crippen molar-refractivity contribution in [3.63, 3.8) is 0 Å². The van der Waals surface area contributed by atoms with Gasteiger partial charge in [0.1, 0.15) is 0 Å². The predicted octanol–water partition coefficient (Wildman–Crippen LogP) is 3.24. The van der Waals surface area contributed by atoms with E-state index in [0.29, 0.717) is 11.5 Å². The highest BCUT2D eigenvalue weighted by Gasteiger charge is 2.64. The lowest BCUT2D eigenvalue weighted by atomic mass is 9.54. The van der Waals surface area contributed by atoms with E-state index in [2.05, 4.69) is 27.3 Å². The van der Waals surface area contributed by atoms with E-state index < -0.39 is 0 Å². The van der Waals surface area contributed by atoms with Gasteiger partial charge < -0.3 is 15.0 Å². The Hall–Kier alpha value is -1.13. The topological polar surface area (TPSA) is 37.4 Å². The lowest BCUT2D eigenvalue weighted by molar-refractivity contribution is -0.131. The summed E-state index contributed by atoms with van der Waals surface area (Å²) in [4.78, 5) is 6.65. The van der Waals surface area contributed by atoms with E-state index in [4.69, 9.17) is 4.74 Å². The smallest absolute Gasteiger partial charge is 0.0690 e. The third kappa shape index (κ3) is 2.69. The van der Waals surface area contributed by atoms with E-state index in [9.17, 15) is 0 Å². The van der Waals surface area contributed by atoms with Crippen molar-refractivity contribution < 1.29 is 4.74 Å². The molecule has 1 N–H and O–H groups in total. The SMILES string of the molecule is c1cc(N2CCC(CN[C@@H]3[C@@H]4CCO[C@H]4C34CCCC4)CC2)ccn1. The minimum Gasteiger partial charge on any atom is -0.377 e. The Morgan fingerprint density at radius 2 is 1.88 bits per heavy atom. The average molecular weight is 341 g/mol. The monoisotopic (exact) mass is 341 g/mol. The summed E-state index contributed by atoms with van der Waals surface area (Å²) in [5, 5.41) is 4.04. The van der Waals surface area contributed by atoms with Gasteiger partial charge in [0.25, 0.3) is 0 Å². The zero-order chi connectivity index (χ0) is 16.7. The van der Waals surface area contributed by atoms with E-state index in [0.717, 1.165) is 24.5 Å². The van der Waals surface area contributed by atoms with Gasteiger partial charge in [0.2, 0.25) is 0 Å². The summed E-state index contributed by atoms with van der Waals surface area (Å²) in [5.41, 5.74) is 1.83. The number of rotatable bonds is 4. The van der Waals surface area contributed by atoms with Gasteiger partial charge in [-0.25, -0.2) is 0 Å². The lowest BCUT2D eigenvalue weighted by Gasteiger charge is -2.57. The molecule has 2 saturated carbocycles. The molecule has 25 heavy (non-hydrogen) atoms. The first-order valence-electron chi connectivity index (χ1n) is 10.4. The van der Waals surface area contributed by atoms with Crippen LogP contribution in [0.4, 0.5) is 5.69 Å². The fourth-order valence-electron chi connectivity index (χ4n) is 6.25. The fraction of sp³-hybridized carbons (Fsp3) is 0.762. The molecule has 2 aliphatic heterocycles. The minimum absolute atomic E-state index is 0.499. The van der Waals surface area contributed by atoms with E-state index >= 15 is 0 Å². The molecule has 136 valence electrons. The van der Waals surface area contributed by atoms with Gasteiger partial charge in [-0.15, -0.1) is 0 Å². The second-order valence-electron chi connectivity index (χ2n) is 8.71. The predicted molar refractivity (Wildman–Crippen MR) is 99.7 cm³/mol. The summed E-state index contributed by atoms with van der Waals surface area (Å²) in [7, 11) is 0. The molecule has 4 heteroatoms. The van der Waals surface area contributed by atoms with Gasteiger partial charge in [0.15, 0.2) is 0 Å². The molecule has 0 radical (unpaired) electrons. The van der Waals surface area contributed by atoms with Crippen molar-refractivity contribution in [2.75, 3.05) is 31.1 Å². The van der Waals surface area contributed by atoms with Crippen molar-refractivity contribution >= 4 is 5.69 Å². The highest BCUT2D eigenvalue weighted by Crippen LogP contribution is 2.60. The van der Waals surface area contributed by atoms with Crippen molar-refractivity contribution in [2.24, 2.45) is 17.3 Å². The van der Waals surface area contributed by atoms with Crippen LogP contribution < -0.4 is 10.2 Å². The molecule has 5 rings (SSSR count). The van der Waals surface area contributed by atoms with Gasteiger partial charge in [0.05, 0.1) is 6.10 Å². The summed E-state index contributed by atoms with van der Waals surface area (Å²) >= 11 is 0. The first-order valence-corrected chi connectivity index (χ1v) is 10.4. The van der Waals surface area contributed by atoms with Crippen LogP contribution in [0.1, 0.15) is 44.9 Å². The number of anilines is 1. The molecule has 0 amide bonds. The second-order valence-corrected chi connectivity index (χ2v) is 8.71. The Morgan fingerprint density at radius 1 is 1.12 bits per heavy atom. The maximum Gasteiger partial charge on any atom is 0.0690 e. The number of hydrogen-bond acceptors (Lipinski definition) is 4. The molecule has 0 bridgehead atoms. The van der Waals surface area contributed by atoms with E-state index in [-0.39, 0.29) is 0 Å². The van der Waals surface area contributed by atoms with Crippen LogP contribution >= 0.6 is 0 Å². The van der Waals surface area contributed by atoms with Crippen LogP contribution in [0.2, 0.25) is 0 Å². The molecule has 0 unspecified atom stereocenters. The van der Waals surface area contributed by atoms with Crippen molar-refractivity contribution in [3.8, 4) is 0 Å². The molecular weight excluding hydrogens is 310 g/mol. The normalized spacial score (nSPS) is 34.2. The van der Waals surface area contributed by atoms with E-state index in [1.807, 2.05) is 12.4 Å². The molecule has 2 saturated heterocycles. The fourth-order valence-corrected chi connectivity index (χ4v) is 6.25. The quantitative estimate of drug-likeness (QED) is 0.912. The van der Waals surface area contributed by atoms with Crippen molar-refractivity contribution in [1.82, 2.24) is 10.3 Å². The van der Waals surface area contributed by atoms with E-state index in [1.165, 1.54) is 70.3 Å². The van der Waals surface area contributed by atoms with Crippen LogP contribution in [-0.2, 0) is 4.74 Å². The Labute approximate surface area is 151 Å². The Balaban J connectivity index is 1.15. The van der Waals surface area contributed by atoms with Gasteiger partial charge >= 0.3 is 0 Å². The molecule has 3 atom stereocenters. The van der Waals surface area contributed by atoms with Gasteiger partial charge in [-0.3, -0.25) is 4.98 Å². The van der Waals surface area contributed by atoms with Crippen LogP contribution in [0.25, 0.3) is 0 Å². The van der Waals surface area contributed by atoms with Crippen molar-refractivity contribution in [2.45, 2.75) is 57.1 Å². The molecule has 1 aromatic heterocycles. The summed E-state index contributed by atoms with van der Waals surface area (Å²) in [5.74, 6) is 1.63. The van der Waals surface area contributed by atoms with Gasteiger partial charge in [-0.2, -0.15) is 0 Å². The zero-order valence-corrected chi connectivity index (χ0v) is 15.2. The maximum atomic E-state index is 6.12. The van der Waals surface area contributed by atoms with Gasteiger partial charge in [-0.05, 0) is 56.7 Å². The largest absolute Gasteiger partial charge is 0.377 e. The Kier molecular flexibility index (Phi) is 4.21. The molecule has 0 aromatic carbocycles. The van der Waals surface area contributed by atoms with Crippen LogP contribution in [0.15, 0.2) is 24.5 Å². The third-order valence-corrected chi connectivity index (χ3v) is 7.55. The number of fused-ring (bicyclic) bond motifs is 2. The molecule has 2 aliphatic carbocycles. The van der Waals surface area contributed by atoms with Crippen LogP contribution in [-0.4, -0.2) is 43.4 Å². The molecule has 4 nitrogen and oxygen atoms in total. The Morgan fingerprint density at radius 3 is 2.64 bits per heavy atom. The average Bonchev–Trinajstić information content (AvgIpc) is 3.32. The molecule has 1 aromatic rings. The number of aromatic nitrogens is 1. The lowest BCUT2D eigenvalue weighted by Crippen LogP contribution is -2.67. The van der Waals surface area contributed by atoms with Crippen molar-refractivity contribution in [3.05, 3.63) is 24.5 Å². The van der Waals surface area contributed by atoms with Gasteiger partial charge in [-0.1, -0.05) is 12.8 Å². The highest BCUT2D eigenvalue weighted by atomic mass is 16.5. The molecular formula is C21H31N3O. The second kappa shape index (κ2) is 6.55. The standard InChI is InChI=1S/C21H31N3O/c1-2-9-21(8-1)19(18-7-14-25-20(18)21)23-15-16-5-12-24(13-6-16)17-3-10-22-11-4-17/h3-4,10-11,16,18-20,23H,1-2,5-9,12-15H2/t18-,19+,20+/m0/s1. The number of pyridine rings is 1. The first-order chi connectivity index (χ1) is 12.4. The van der Waals surface area contributed by atoms with Crippen LogP contribution in [0, 0.1) is 17.3 Å². The third-order valence-electron chi connectivity index (χ3n) is 7.55. The maximum absolute atomic E-state index is 6.12. The molecule has 4 fully saturated rings. The number of nitrogens with one attached hydrogen (secondary N) is 1. The molecule has 1 spiro atoms. The van der Waals surface area contributed by atoms with Crippen LogP contribution in [0.3, 0.4) is 0 Å². The summed E-state index contributed by atoms with van der Waals surface area (Å²) in [6.07, 6.45) is 13.9. The summed E-state index contributed by atoms with van der Waals surface area (Å²) < 4.78 is 6.12. The first kappa shape index (κ1) is 16.1. The van der Waals surface area contributed by atoms with Gasteiger partial charge in [0, 0.05) is 55.2 Å². The minimum atomic E-state index is 0.499.